The first-order valence-electron chi connectivity index (χ1n) is 5.58. The second-order valence-electron chi connectivity index (χ2n) is 3.64. The largest absolute Gasteiger partial charge is 0.394 e. The molecule has 1 atom stereocenters. The second-order valence-corrected chi connectivity index (χ2v) is 4.63. The van der Waals surface area contributed by atoms with Crippen LogP contribution in [0.2, 0.25) is 0 Å². The summed E-state index contributed by atoms with van der Waals surface area (Å²) in [6, 6.07) is -0.170. The van der Waals surface area contributed by atoms with Crippen molar-refractivity contribution in [1.29, 1.82) is 0 Å². The number of nitrogens with zero attached hydrogens (tertiary/aromatic N) is 2. The van der Waals surface area contributed by atoms with Crippen molar-refractivity contribution in [2.24, 2.45) is 0 Å². The van der Waals surface area contributed by atoms with Gasteiger partial charge in [-0.05, 0) is 24.9 Å². The highest BCUT2D eigenvalue weighted by atomic mass is 32.2. The minimum Gasteiger partial charge on any atom is -0.394 e. The Morgan fingerprint density at radius 3 is 2.88 bits per heavy atom. The average Bonchev–Trinajstić information content (AvgIpc) is 2.36. The van der Waals surface area contributed by atoms with Crippen molar-refractivity contribution >= 4 is 17.6 Å². The van der Waals surface area contributed by atoms with E-state index in [4.69, 9.17) is 0 Å². The van der Waals surface area contributed by atoms with Crippen LogP contribution < -0.4 is 5.32 Å². The maximum atomic E-state index is 13.8. The van der Waals surface area contributed by atoms with E-state index in [1.807, 2.05) is 13.2 Å². The molecule has 0 aliphatic carbocycles. The summed E-state index contributed by atoms with van der Waals surface area (Å²) in [5.74, 6) is 0.667. The van der Waals surface area contributed by atoms with Crippen molar-refractivity contribution < 1.29 is 9.50 Å². The highest BCUT2D eigenvalue weighted by Gasteiger charge is 2.13. The third-order valence-corrected chi connectivity index (χ3v) is 3.07. The van der Waals surface area contributed by atoms with Gasteiger partial charge in [0.15, 0.2) is 11.6 Å². The first-order valence-corrected chi connectivity index (χ1v) is 6.98. The summed E-state index contributed by atoms with van der Waals surface area (Å²) in [4.78, 5) is 7.73. The van der Waals surface area contributed by atoms with Crippen LogP contribution in [0.4, 0.5) is 10.2 Å². The summed E-state index contributed by atoms with van der Waals surface area (Å²) in [7, 11) is 0. The molecule has 0 radical (unpaired) electrons. The number of aliphatic hydroxyl groups excluding tert-OH is 1. The molecule has 0 fully saturated rings. The SMILES string of the molecule is CCc1ncnc(NC(CO)CCSC)c1F. The maximum Gasteiger partial charge on any atom is 0.186 e. The van der Waals surface area contributed by atoms with Crippen LogP contribution in [0, 0.1) is 5.82 Å². The minimum absolute atomic E-state index is 0.0362. The van der Waals surface area contributed by atoms with Crippen LogP contribution in [-0.4, -0.2) is 39.7 Å². The molecule has 4 nitrogen and oxygen atoms in total. The molecule has 6 heteroatoms. The fourth-order valence-electron chi connectivity index (χ4n) is 1.42. The molecule has 1 heterocycles. The van der Waals surface area contributed by atoms with E-state index >= 15 is 0 Å². The highest BCUT2D eigenvalue weighted by molar-refractivity contribution is 7.98. The molecule has 0 saturated carbocycles. The number of aliphatic hydroxyl groups is 1. The Balaban J connectivity index is 2.72. The molecule has 0 amide bonds. The molecule has 1 aromatic heterocycles. The monoisotopic (exact) mass is 259 g/mol. The van der Waals surface area contributed by atoms with Crippen LogP contribution in [0.25, 0.3) is 0 Å². The van der Waals surface area contributed by atoms with Crippen LogP contribution in [-0.2, 0) is 6.42 Å². The molecule has 1 rings (SSSR count). The molecule has 96 valence electrons. The standard InChI is InChI=1S/C11H18FN3OS/c1-3-9-10(12)11(14-7-13-9)15-8(6-16)4-5-17-2/h7-8,16H,3-6H2,1-2H3,(H,13,14,15). The summed E-state index contributed by atoms with van der Waals surface area (Å²) in [5, 5.41) is 12.1. The Morgan fingerprint density at radius 2 is 2.29 bits per heavy atom. The Bertz CT molecular complexity index is 351. The molecule has 0 aliphatic rings. The summed E-state index contributed by atoms with van der Waals surface area (Å²) >= 11 is 1.69. The van der Waals surface area contributed by atoms with Gasteiger partial charge >= 0.3 is 0 Å². The number of rotatable bonds is 7. The van der Waals surface area contributed by atoms with Crippen LogP contribution >= 0.6 is 11.8 Å². The second kappa shape index (κ2) is 7.45. The van der Waals surface area contributed by atoms with E-state index in [1.165, 1.54) is 6.33 Å². The van der Waals surface area contributed by atoms with Gasteiger partial charge in [0.1, 0.15) is 6.33 Å². The zero-order valence-electron chi connectivity index (χ0n) is 10.1. The molecular formula is C11H18FN3OS. The smallest absolute Gasteiger partial charge is 0.186 e. The molecule has 0 bridgehead atoms. The fourth-order valence-corrected chi connectivity index (χ4v) is 1.94. The van der Waals surface area contributed by atoms with E-state index in [0.717, 1.165) is 12.2 Å². The first kappa shape index (κ1) is 14.2. The molecule has 0 spiro atoms. The lowest BCUT2D eigenvalue weighted by atomic mass is 10.2. The Labute approximate surface area is 105 Å². The predicted octanol–water partition coefficient (Wildman–Crippen LogP) is 1.70. The molecule has 17 heavy (non-hydrogen) atoms. The van der Waals surface area contributed by atoms with Gasteiger partial charge in [-0.2, -0.15) is 11.8 Å². The summed E-state index contributed by atoms with van der Waals surface area (Å²) in [6.07, 6.45) is 4.63. The van der Waals surface area contributed by atoms with Gasteiger partial charge in [0.25, 0.3) is 0 Å². The van der Waals surface area contributed by atoms with Gasteiger partial charge in [0.05, 0.1) is 18.3 Å². The highest BCUT2D eigenvalue weighted by Crippen LogP contribution is 2.15. The van der Waals surface area contributed by atoms with Crippen molar-refractivity contribution in [3.8, 4) is 0 Å². The summed E-state index contributed by atoms with van der Waals surface area (Å²) in [6.45, 7) is 1.80. The van der Waals surface area contributed by atoms with Crippen LogP contribution in [0.5, 0.6) is 0 Å². The number of aromatic nitrogens is 2. The van der Waals surface area contributed by atoms with E-state index < -0.39 is 5.82 Å². The van der Waals surface area contributed by atoms with Crippen LogP contribution in [0.1, 0.15) is 19.0 Å². The minimum atomic E-state index is -0.419. The number of nitrogens with one attached hydrogen (secondary N) is 1. The van der Waals surface area contributed by atoms with Crippen molar-refractivity contribution in [3.05, 3.63) is 17.8 Å². The number of aryl methyl sites for hydroxylation is 1. The molecule has 0 saturated heterocycles. The van der Waals surface area contributed by atoms with Gasteiger partial charge in [-0.3, -0.25) is 0 Å². The summed E-state index contributed by atoms with van der Waals surface area (Å²) in [5.41, 5.74) is 0.393. The quantitative estimate of drug-likeness (QED) is 0.780. The van der Waals surface area contributed by atoms with Crippen molar-refractivity contribution in [2.75, 3.05) is 23.9 Å². The van der Waals surface area contributed by atoms with Gasteiger partial charge < -0.3 is 10.4 Å². The normalized spacial score (nSPS) is 12.5. The van der Waals surface area contributed by atoms with Gasteiger partial charge in [0, 0.05) is 0 Å². The van der Waals surface area contributed by atoms with Crippen LogP contribution in [0.3, 0.4) is 0 Å². The first-order chi connectivity index (χ1) is 8.22. The van der Waals surface area contributed by atoms with Crippen LogP contribution in [0.15, 0.2) is 6.33 Å². The van der Waals surface area contributed by atoms with Gasteiger partial charge in [0.2, 0.25) is 0 Å². The van der Waals surface area contributed by atoms with Gasteiger partial charge in [-0.25, -0.2) is 14.4 Å². The molecule has 0 aliphatic heterocycles. The lowest BCUT2D eigenvalue weighted by Gasteiger charge is -2.17. The van der Waals surface area contributed by atoms with Crippen molar-refractivity contribution in [2.45, 2.75) is 25.8 Å². The molecule has 1 aromatic rings. The lowest BCUT2D eigenvalue weighted by molar-refractivity contribution is 0.272. The fraction of sp³-hybridized carbons (Fsp3) is 0.636. The summed E-state index contributed by atoms with van der Waals surface area (Å²) < 4.78 is 13.8. The Morgan fingerprint density at radius 1 is 1.53 bits per heavy atom. The molecule has 2 N–H and O–H groups in total. The number of hydrogen-bond donors (Lipinski definition) is 2. The van der Waals surface area contributed by atoms with Crippen molar-refractivity contribution in [3.63, 3.8) is 0 Å². The van der Waals surface area contributed by atoms with Gasteiger partial charge in [-0.15, -0.1) is 0 Å². The van der Waals surface area contributed by atoms with Gasteiger partial charge in [-0.1, -0.05) is 6.92 Å². The molecule has 0 aromatic carbocycles. The molecular weight excluding hydrogens is 241 g/mol. The van der Waals surface area contributed by atoms with E-state index in [1.54, 1.807) is 11.8 Å². The third kappa shape index (κ3) is 4.12. The number of hydrogen-bond acceptors (Lipinski definition) is 5. The molecule has 1 unspecified atom stereocenters. The third-order valence-electron chi connectivity index (χ3n) is 2.43. The van der Waals surface area contributed by atoms with E-state index in [2.05, 4.69) is 15.3 Å². The van der Waals surface area contributed by atoms with E-state index in [-0.39, 0.29) is 18.5 Å². The number of anilines is 1. The number of thioether (sulfide) groups is 1. The van der Waals surface area contributed by atoms with E-state index in [0.29, 0.717) is 12.1 Å². The maximum absolute atomic E-state index is 13.8. The lowest BCUT2D eigenvalue weighted by Crippen LogP contribution is -2.26. The average molecular weight is 259 g/mol. The zero-order valence-corrected chi connectivity index (χ0v) is 10.9. The zero-order chi connectivity index (χ0) is 12.7. The number of halogens is 1. The van der Waals surface area contributed by atoms with E-state index in [9.17, 15) is 9.50 Å². The predicted molar refractivity (Wildman–Crippen MR) is 68.9 cm³/mol. The van der Waals surface area contributed by atoms with Crippen molar-refractivity contribution in [1.82, 2.24) is 9.97 Å². The Hall–Kier alpha value is -0.880. The topological polar surface area (TPSA) is 58.0 Å². The Kier molecular flexibility index (Phi) is 6.21.